The number of hydrogen-bond acceptors (Lipinski definition) is 4. The number of furan rings is 1. The van der Waals surface area contributed by atoms with E-state index < -0.39 is 0 Å². The highest BCUT2D eigenvalue weighted by Crippen LogP contribution is 2.30. The lowest BCUT2D eigenvalue weighted by Gasteiger charge is -2.34. The summed E-state index contributed by atoms with van der Waals surface area (Å²) in [5.74, 6) is 0.474. The fraction of sp³-hybridized carbons (Fsp3) is 0.227. The normalized spacial score (nSPS) is 14.8. The molecule has 5 nitrogen and oxygen atoms in total. The van der Waals surface area contributed by atoms with Gasteiger partial charge in [0.15, 0.2) is 5.76 Å². The second-order valence-corrected chi connectivity index (χ2v) is 7.93. The van der Waals surface area contributed by atoms with E-state index in [9.17, 15) is 4.79 Å². The SMILES string of the molecule is CN1CCN(c2ccc(NC(=O)c3ccc(-c4cccc(Cl)c4)o3)cc2Cl)CC1. The van der Waals surface area contributed by atoms with Crippen LogP contribution in [0, 0.1) is 0 Å². The minimum absolute atomic E-state index is 0.222. The summed E-state index contributed by atoms with van der Waals surface area (Å²) in [6, 6.07) is 16.3. The Morgan fingerprint density at radius 3 is 2.52 bits per heavy atom. The van der Waals surface area contributed by atoms with Gasteiger partial charge >= 0.3 is 0 Å². The number of rotatable bonds is 4. The van der Waals surface area contributed by atoms with Crippen molar-refractivity contribution in [3.05, 3.63) is 70.4 Å². The predicted molar refractivity (Wildman–Crippen MR) is 118 cm³/mol. The molecule has 2 aromatic carbocycles. The molecule has 0 radical (unpaired) electrons. The molecule has 29 heavy (non-hydrogen) atoms. The third-order valence-corrected chi connectivity index (χ3v) is 5.53. The predicted octanol–water partition coefficient (Wildman–Crippen LogP) is 5.26. The highest BCUT2D eigenvalue weighted by Gasteiger charge is 2.18. The van der Waals surface area contributed by atoms with Crippen LogP contribution in [0.25, 0.3) is 11.3 Å². The minimum Gasteiger partial charge on any atom is -0.451 e. The molecule has 0 atom stereocenters. The molecule has 1 saturated heterocycles. The second kappa shape index (κ2) is 8.49. The van der Waals surface area contributed by atoms with E-state index in [1.165, 1.54) is 0 Å². The van der Waals surface area contributed by atoms with Crippen LogP contribution in [0.2, 0.25) is 10.0 Å². The number of amides is 1. The van der Waals surface area contributed by atoms with Crippen LogP contribution in [-0.4, -0.2) is 44.0 Å². The smallest absolute Gasteiger partial charge is 0.291 e. The van der Waals surface area contributed by atoms with E-state index in [0.717, 1.165) is 37.4 Å². The molecule has 1 aliphatic rings. The summed E-state index contributed by atoms with van der Waals surface area (Å²) in [4.78, 5) is 17.1. The number of nitrogens with one attached hydrogen (secondary N) is 1. The lowest BCUT2D eigenvalue weighted by molar-refractivity contribution is 0.0997. The monoisotopic (exact) mass is 429 g/mol. The molecule has 1 aliphatic heterocycles. The van der Waals surface area contributed by atoms with Crippen LogP contribution >= 0.6 is 23.2 Å². The maximum atomic E-state index is 12.6. The third kappa shape index (κ3) is 4.58. The zero-order valence-corrected chi connectivity index (χ0v) is 17.5. The number of piperazine rings is 1. The third-order valence-electron chi connectivity index (χ3n) is 4.99. The second-order valence-electron chi connectivity index (χ2n) is 7.08. The van der Waals surface area contributed by atoms with Crippen molar-refractivity contribution in [2.75, 3.05) is 43.4 Å². The molecule has 0 unspecified atom stereocenters. The highest BCUT2D eigenvalue weighted by atomic mass is 35.5. The Morgan fingerprint density at radius 1 is 1.00 bits per heavy atom. The number of likely N-dealkylation sites (N-methyl/N-ethyl adjacent to an activating group) is 1. The topological polar surface area (TPSA) is 48.7 Å². The Morgan fingerprint density at radius 2 is 1.79 bits per heavy atom. The van der Waals surface area contributed by atoms with E-state index in [1.807, 2.05) is 24.3 Å². The Hall–Kier alpha value is -2.47. The summed E-state index contributed by atoms with van der Waals surface area (Å²) < 4.78 is 5.70. The maximum absolute atomic E-state index is 12.6. The van der Waals surface area contributed by atoms with Gasteiger partial charge in [-0.1, -0.05) is 35.3 Å². The van der Waals surface area contributed by atoms with Gasteiger partial charge in [-0.15, -0.1) is 0 Å². The maximum Gasteiger partial charge on any atom is 0.291 e. The first-order chi connectivity index (χ1) is 14.0. The van der Waals surface area contributed by atoms with Crippen LogP contribution in [0.3, 0.4) is 0 Å². The number of benzene rings is 2. The zero-order chi connectivity index (χ0) is 20.4. The van der Waals surface area contributed by atoms with Gasteiger partial charge in [0.25, 0.3) is 5.91 Å². The Kier molecular flexibility index (Phi) is 5.81. The van der Waals surface area contributed by atoms with Crippen LogP contribution in [0.4, 0.5) is 11.4 Å². The highest BCUT2D eigenvalue weighted by molar-refractivity contribution is 6.33. The van der Waals surface area contributed by atoms with Crippen molar-refractivity contribution in [1.82, 2.24) is 4.90 Å². The van der Waals surface area contributed by atoms with Gasteiger partial charge in [-0.05, 0) is 49.5 Å². The van der Waals surface area contributed by atoms with E-state index in [1.54, 1.807) is 30.3 Å². The van der Waals surface area contributed by atoms with Crippen LogP contribution in [0.5, 0.6) is 0 Å². The largest absolute Gasteiger partial charge is 0.451 e. The molecular formula is C22H21Cl2N3O2. The molecule has 0 bridgehead atoms. The van der Waals surface area contributed by atoms with Gasteiger partial charge in [-0.2, -0.15) is 0 Å². The Balaban J connectivity index is 1.45. The molecule has 1 fully saturated rings. The van der Waals surface area contributed by atoms with E-state index in [0.29, 0.717) is 21.5 Å². The summed E-state index contributed by atoms with van der Waals surface area (Å²) in [5.41, 5.74) is 2.42. The summed E-state index contributed by atoms with van der Waals surface area (Å²) in [6.45, 7) is 3.87. The average Bonchev–Trinajstić information content (AvgIpc) is 3.20. The summed E-state index contributed by atoms with van der Waals surface area (Å²) in [7, 11) is 2.12. The van der Waals surface area contributed by atoms with E-state index in [4.69, 9.17) is 27.6 Å². The first-order valence-corrected chi connectivity index (χ1v) is 10.2. The van der Waals surface area contributed by atoms with Crippen LogP contribution < -0.4 is 10.2 Å². The molecule has 4 rings (SSSR count). The quantitative estimate of drug-likeness (QED) is 0.614. The molecule has 150 valence electrons. The number of carbonyl (C=O) groups excluding carboxylic acids is 1. The molecule has 2 heterocycles. The van der Waals surface area contributed by atoms with Crippen molar-refractivity contribution in [1.29, 1.82) is 0 Å². The van der Waals surface area contributed by atoms with Gasteiger partial charge in [0.2, 0.25) is 0 Å². The van der Waals surface area contributed by atoms with Gasteiger partial charge < -0.3 is 19.5 Å². The molecule has 0 saturated carbocycles. The minimum atomic E-state index is -0.332. The molecule has 1 amide bonds. The lowest BCUT2D eigenvalue weighted by atomic mass is 10.2. The number of carbonyl (C=O) groups is 1. The van der Waals surface area contributed by atoms with Crippen molar-refractivity contribution in [3.63, 3.8) is 0 Å². The van der Waals surface area contributed by atoms with Crippen molar-refractivity contribution in [2.24, 2.45) is 0 Å². The fourth-order valence-corrected chi connectivity index (χ4v) is 3.83. The van der Waals surface area contributed by atoms with Gasteiger partial charge in [0.05, 0.1) is 10.7 Å². The molecule has 0 aliphatic carbocycles. The van der Waals surface area contributed by atoms with Gasteiger partial charge in [-0.25, -0.2) is 0 Å². The standard InChI is InChI=1S/C22H21Cl2N3O2/c1-26-9-11-27(12-10-26)19-6-5-17(14-18(19)24)25-22(28)21-8-7-20(29-21)15-3-2-4-16(23)13-15/h2-8,13-14H,9-12H2,1H3,(H,25,28). The van der Waals surface area contributed by atoms with Gasteiger partial charge in [0.1, 0.15) is 5.76 Å². The number of nitrogens with zero attached hydrogens (tertiary/aromatic N) is 2. The number of halogens is 2. The molecule has 0 spiro atoms. The van der Waals surface area contributed by atoms with Crippen molar-refractivity contribution in [2.45, 2.75) is 0 Å². The van der Waals surface area contributed by atoms with E-state index in [-0.39, 0.29) is 11.7 Å². The van der Waals surface area contributed by atoms with Crippen LogP contribution in [0.1, 0.15) is 10.6 Å². The first-order valence-electron chi connectivity index (χ1n) is 9.40. The van der Waals surface area contributed by atoms with Crippen molar-refractivity contribution < 1.29 is 9.21 Å². The van der Waals surface area contributed by atoms with Crippen LogP contribution in [0.15, 0.2) is 59.0 Å². The van der Waals surface area contributed by atoms with Gasteiger partial charge in [-0.3, -0.25) is 4.79 Å². The van der Waals surface area contributed by atoms with Gasteiger partial charge in [0, 0.05) is 42.5 Å². The molecular weight excluding hydrogens is 409 g/mol. The number of hydrogen-bond donors (Lipinski definition) is 1. The molecule has 1 aromatic heterocycles. The Bertz CT molecular complexity index is 1030. The fourth-order valence-electron chi connectivity index (χ4n) is 3.34. The Labute approximate surface area is 179 Å². The van der Waals surface area contributed by atoms with E-state index in [2.05, 4.69) is 22.2 Å². The first kappa shape index (κ1) is 19.8. The lowest BCUT2D eigenvalue weighted by Crippen LogP contribution is -2.44. The summed E-state index contributed by atoms with van der Waals surface area (Å²) >= 11 is 12.5. The summed E-state index contributed by atoms with van der Waals surface area (Å²) in [5, 5.41) is 4.07. The van der Waals surface area contributed by atoms with E-state index >= 15 is 0 Å². The van der Waals surface area contributed by atoms with Crippen molar-refractivity contribution >= 4 is 40.5 Å². The average molecular weight is 430 g/mol. The number of anilines is 2. The zero-order valence-electron chi connectivity index (χ0n) is 16.0. The molecule has 7 heteroatoms. The molecule has 3 aromatic rings. The van der Waals surface area contributed by atoms with Crippen LogP contribution in [-0.2, 0) is 0 Å². The van der Waals surface area contributed by atoms with Crippen molar-refractivity contribution in [3.8, 4) is 11.3 Å². The molecule has 1 N–H and O–H groups in total. The summed E-state index contributed by atoms with van der Waals surface area (Å²) in [6.07, 6.45) is 0.